The maximum absolute atomic E-state index is 11.2. The van der Waals surface area contributed by atoms with E-state index in [0.717, 1.165) is 0 Å². The first-order valence-corrected chi connectivity index (χ1v) is 5.74. The van der Waals surface area contributed by atoms with Gasteiger partial charge in [-0.2, -0.15) is 5.26 Å². The van der Waals surface area contributed by atoms with Gasteiger partial charge in [0.15, 0.2) is 0 Å². The molecule has 2 N–H and O–H groups in total. The molecule has 0 aliphatic carbocycles. The number of carbonyl (C=O) groups excluding carboxylic acids is 1. The summed E-state index contributed by atoms with van der Waals surface area (Å²) in [6.07, 6.45) is 1.12. The van der Waals surface area contributed by atoms with Crippen LogP contribution in [0.5, 0.6) is 0 Å². The minimum atomic E-state index is -1.02. The molecule has 15 heavy (non-hydrogen) atoms. The summed E-state index contributed by atoms with van der Waals surface area (Å²) in [6, 6.07) is 1.08. The van der Waals surface area contributed by atoms with Crippen LogP contribution in [0.3, 0.4) is 0 Å². The monoisotopic (exact) mass is 230 g/mol. The summed E-state index contributed by atoms with van der Waals surface area (Å²) in [4.78, 5) is 21.9. The highest BCUT2D eigenvalue weighted by atomic mass is 32.2. The smallest absolute Gasteiger partial charge is 0.326 e. The van der Waals surface area contributed by atoms with E-state index in [2.05, 4.69) is 5.32 Å². The van der Waals surface area contributed by atoms with E-state index in [9.17, 15) is 9.59 Å². The molecule has 1 amide bonds. The van der Waals surface area contributed by atoms with Crippen molar-refractivity contribution in [1.82, 2.24) is 5.32 Å². The minimum absolute atomic E-state index is 0.126. The van der Waals surface area contributed by atoms with Crippen molar-refractivity contribution >= 4 is 23.6 Å². The van der Waals surface area contributed by atoms with E-state index in [-0.39, 0.29) is 17.4 Å². The van der Waals surface area contributed by atoms with Gasteiger partial charge < -0.3 is 10.4 Å². The minimum Gasteiger partial charge on any atom is -0.480 e. The Morgan fingerprint density at radius 1 is 1.60 bits per heavy atom. The topological polar surface area (TPSA) is 90.2 Å². The highest BCUT2D eigenvalue weighted by Crippen LogP contribution is 2.00. The van der Waals surface area contributed by atoms with Crippen molar-refractivity contribution in [3.63, 3.8) is 0 Å². The lowest BCUT2D eigenvalue weighted by Crippen LogP contribution is -2.41. The van der Waals surface area contributed by atoms with E-state index in [4.69, 9.17) is 10.4 Å². The zero-order valence-corrected chi connectivity index (χ0v) is 9.34. The Kier molecular flexibility index (Phi) is 7.46. The second-order valence-electron chi connectivity index (χ2n) is 2.90. The fourth-order valence-electron chi connectivity index (χ4n) is 0.971. The molecule has 0 aromatic rings. The van der Waals surface area contributed by atoms with E-state index in [1.54, 1.807) is 0 Å². The predicted molar refractivity (Wildman–Crippen MR) is 57.4 cm³/mol. The second-order valence-corrected chi connectivity index (χ2v) is 3.88. The van der Waals surface area contributed by atoms with Gasteiger partial charge >= 0.3 is 5.97 Å². The summed E-state index contributed by atoms with van der Waals surface area (Å²) >= 11 is 1.17. The molecule has 0 aliphatic rings. The third kappa shape index (κ3) is 6.80. The Hall–Kier alpha value is -1.22. The molecule has 0 fully saturated rings. The third-order valence-corrected chi connectivity index (χ3v) is 2.41. The molecule has 0 radical (unpaired) electrons. The Morgan fingerprint density at radius 3 is 2.73 bits per heavy atom. The second kappa shape index (κ2) is 8.12. The Labute approximate surface area is 92.8 Å². The number of amides is 1. The number of carboxylic acids is 1. The zero-order valence-electron chi connectivity index (χ0n) is 8.52. The average Bonchev–Trinajstić information content (AvgIpc) is 2.17. The third-order valence-electron chi connectivity index (χ3n) is 1.61. The highest BCUT2D eigenvalue weighted by molar-refractivity contribution is 8.00. The fraction of sp³-hybridized carbons (Fsp3) is 0.667. The lowest BCUT2D eigenvalue weighted by molar-refractivity contribution is -0.141. The van der Waals surface area contributed by atoms with E-state index >= 15 is 0 Å². The number of aliphatic carboxylic acids is 1. The van der Waals surface area contributed by atoms with Crippen LogP contribution in [-0.2, 0) is 9.59 Å². The summed E-state index contributed by atoms with van der Waals surface area (Å²) in [5.74, 6) is -0.994. The molecule has 84 valence electrons. The molecule has 0 spiro atoms. The van der Waals surface area contributed by atoms with Gasteiger partial charge in [0, 0.05) is 0 Å². The van der Waals surface area contributed by atoms with E-state index < -0.39 is 12.0 Å². The van der Waals surface area contributed by atoms with Gasteiger partial charge in [0.25, 0.3) is 0 Å². The van der Waals surface area contributed by atoms with Gasteiger partial charge in [-0.1, -0.05) is 13.3 Å². The predicted octanol–water partition coefficient (Wildman–Crippen LogP) is 0.613. The Morgan fingerprint density at radius 2 is 2.27 bits per heavy atom. The number of carbonyl (C=O) groups is 2. The van der Waals surface area contributed by atoms with E-state index in [1.165, 1.54) is 11.8 Å². The molecule has 6 heteroatoms. The molecule has 0 saturated carbocycles. The number of nitrogens with zero attached hydrogens (tertiary/aromatic N) is 1. The molecule has 5 nitrogen and oxygen atoms in total. The van der Waals surface area contributed by atoms with E-state index in [0.29, 0.717) is 12.8 Å². The highest BCUT2D eigenvalue weighted by Gasteiger charge is 2.18. The van der Waals surface area contributed by atoms with Crippen LogP contribution in [0.25, 0.3) is 0 Å². The van der Waals surface area contributed by atoms with Crippen LogP contribution < -0.4 is 5.32 Å². The van der Waals surface area contributed by atoms with Crippen molar-refractivity contribution in [1.29, 1.82) is 5.26 Å². The van der Waals surface area contributed by atoms with Crippen molar-refractivity contribution in [3.8, 4) is 6.07 Å². The Bertz CT molecular complexity index is 263. The largest absolute Gasteiger partial charge is 0.480 e. The zero-order chi connectivity index (χ0) is 11.7. The maximum Gasteiger partial charge on any atom is 0.326 e. The number of thioether (sulfide) groups is 1. The number of carboxylic acid groups (broad SMARTS) is 1. The van der Waals surface area contributed by atoms with Gasteiger partial charge in [0.05, 0.1) is 17.6 Å². The summed E-state index contributed by atoms with van der Waals surface area (Å²) in [5, 5.41) is 19.4. The summed E-state index contributed by atoms with van der Waals surface area (Å²) in [6.45, 7) is 1.85. The van der Waals surface area contributed by atoms with Crippen molar-refractivity contribution in [2.75, 3.05) is 11.5 Å². The molecule has 0 heterocycles. The lowest BCUT2D eigenvalue weighted by Gasteiger charge is -2.12. The van der Waals surface area contributed by atoms with Crippen LogP contribution in [0.1, 0.15) is 19.8 Å². The van der Waals surface area contributed by atoms with Gasteiger partial charge in [0.1, 0.15) is 6.04 Å². The Balaban J connectivity index is 3.90. The number of nitriles is 1. The molecule has 0 aromatic heterocycles. The number of hydrogen-bond donors (Lipinski definition) is 2. The van der Waals surface area contributed by atoms with Gasteiger partial charge in [0.2, 0.25) is 5.91 Å². The first kappa shape index (κ1) is 13.8. The van der Waals surface area contributed by atoms with Crippen LogP contribution in [0, 0.1) is 11.3 Å². The van der Waals surface area contributed by atoms with Crippen LogP contribution >= 0.6 is 11.8 Å². The van der Waals surface area contributed by atoms with Crippen molar-refractivity contribution < 1.29 is 14.7 Å². The quantitative estimate of drug-likeness (QED) is 0.625. The van der Waals surface area contributed by atoms with Crippen LogP contribution in [0.4, 0.5) is 0 Å². The molecular weight excluding hydrogens is 216 g/mol. The van der Waals surface area contributed by atoms with Gasteiger partial charge in [-0.15, -0.1) is 11.8 Å². The molecule has 0 rings (SSSR count). The van der Waals surface area contributed by atoms with Crippen molar-refractivity contribution in [2.45, 2.75) is 25.8 Å². The molecule has 0 saturated heterocycles. The normalized spacial score (nSPS) is 11.5. The van der Waals surface area contributed by atoms with Crippen molar-refractivity contribution in [3.05, 3.63) is 0 Å². The van der Waals surface area contributed by atoms with Crippen LogP contribution in [0.2, 0.25) is 0 Å². The molecule has 0 unspecified atom stereocenters. The van der Waals surface area contributed by atoms with Gasteiger partial charge in [-0.3, -0.25) is 4.79 Å². The summed E-state index contributed by atoms with van der Waals surface area (Å²) in [5.41, 5.74) is 0. The van der Waals surface area contributed by atoms with Crippen molar-refractivity contribution in [2.24, 2.45) is 0 Å². The fourth-order valence-corrected chi connectivity index (χ4v) is 1.43. The molecule has 0 aliphatic heterocycles. The molecule has 0 aromatic carbocycles. The average molecular weight is 230 g/mol. The SMILES string of the molecule is CCC[C@H](NC(=O)CSCC#N)C(=O)O. The van der Waals surface area contributed by atoms with Gasteiger partial charge in [-0.25, -0.2) is 4.79 Å². The lowest BCUT2D eigenvalue weighted by atomic mass is 10.2. The first-order chi connectivity index (χ1) is 7.11. The van der Waals surface area contributed by atoms with Crippen LogP contribution in [-0.4, -0.2) is 34.5 Å². The molecule has 1 atom stereocenters. The number of hydrogen-bond acceptors (Lipinski definition) is 4. The maximum atomic E-state index is 11.2. The standard InChI is InChI=1S/C9H14N2O3S/c1-2-3-7(9(13)14)11-8(12)6-15-5-4-10/h7H,2-3,5-6H2,1H3,(H,11,12)(H,13,14)/t7-/m0/s1. The summed E-state index contributed by atoms with van der Waals surface area (Å²) in [7, 11) is 0. The summed E-state index contributed by atoms with van der Waals surface area (Å²) < 4.78 is 0. The molecule has 0 bridgehead atoms. The number of rotatable bonds is 7. The first-order valence-electron chi connectivity index (χ1n) is 4.58. The van der Waals surface area contributed by atoms with Gasteiger partial charge in [-0.05, 0) is 6.42 Å². The van der Waals surface area contributed by atoms with Crippen LogP contribution in [0.15, 0.2) is 0 Å². The number of nitrogens with one attached hydrogen (secondary N) is 1. The molecular formula is C9H14N2O3S. The van der Waals surface area contributed by atoms with E-state index in [1.807, 2.05) is 13.0 Å².